The molecule has 0 fully saturated rings. The molecule has 2 aromatic carbocycles. The number of carbonyl (C=O) groups is 2. The third-order valence-corrected chi connectivity index (χ3v) is 5.75. The Morgan fingerprint density at radius 1 is 1.07 bits per heavy atom. The van der Waals surface area contributed by atoms with Gasteiger partial charge in [-0.2, -0.15) is 0 Å². The van der Waals surface area contributed by atoms with E-state index in [1.54, 1.807) is 17.0 Å². The smallest absolute Gasteiger partial charge is 0.264 e. The van der Waals surface area contributed by atoms with Crippen LogP contribution in [-0.2, 0) is 10.4 Å². The molecule has 142 valence electrons. The third-order valence-electron chi connectivity index (χ3n) is 5.75. The number of fused-ring (bicyclic) bond motifs is 1. The summed E-state index contributed by atoms with van der Waals surface area (Å²) in [5.41, 5.74) is 3.95. The number of Topliss-reactive ketones (excluding diaryl/α,β-unsaturated/α-hetero) is 1. The van der Waals surface area contributed by atoms with Crippen LogP contribution >= 0.6 is 0 Å². The highest BCUT2D eigenvalue weighted by atomic mass is 16.3. The van der Waals surface area contributed by atoms with Gasteiger partial charge in [-0.3, -0.25) is 9.59 Å². The van der Waals surface area contributed by atoms with Crippen LogP contribution in [0.25, 0.3) is 0 Å². The number of hydrogen-bond donors (Lipinski definition) is 1. The molecular weight excluding hydrogens is 338 g/mol. The number of para-hydroxylation sites is 1. The molecule has 1 amide bonds. The molecule has 0 aromatic heterocycles. The maximum Gasteiger partial charge on any atom is 0.264 e. The predicted molar refractivity (Wildman–Crippen MR) is 107 cm³/mol. The second-order valence-electron chi connectivity index (χ2n) is 7.57. The lowest BCUT2D eigenvalue weighted by Gasteiger charge is -2.24. The summed E-state index contributed by atoms with van der Waals surface area (Å²) in [5, 5.41) is 11.3. The summed E-state index contributed by atoms with van der Waals surface area (Å²) in [6.45, 7) is 10.3. The second-order valence-corrected chi connectivity index (χ2v) is 7.57. The van der Waals surface area contributed by atoms with Crippen molar-refractivity contribution in [2.24, 2.45) is 0 Å². The Balaban J connectivity index is 2.05. The number of hydrogen-bond acceptors (Lipinski definition) is 3. The van der Waals surface area contributed by atoms with Crippen molar-refractivity contribution in [3.63, 3.8) is 0 Å². The monoisotopic (exact) mass is 365 g/mol. The summed E-state index contributed by atoms with van der Waals surface area (Å²) in [7, 11) is 0. The number of aliphatic hydroxyl groups is 1. The number of aryl methyl sites for hydroxylation is 2. The van der Waals surface area contributed by atoms with Crippen molar-refractivity contribution in [1.82, 2.24) is 0 Å². The van der Waals surface area contributed by atoms with Gasteiger partial charge < -0.3 is 10.0 Å². The standard InChI is InChI=1S/C23H27NO3/c1-6-11-24-19-10-8-7-9-18(19)23(27,22(24)26)13-20(25)21-16(4)14(2)12-15(3)17(21)5/h7-10,12,27H,6,11,13H2,1-5H3/t23-/m0/s1. The lowest BCUT2D eigenvalue weighted by atomic mass is 9.84. The second kappa shape index (κ2) is 6.93. The van der Waals surface area contributed by atoms with Gasteiger partial charge in [-0.15, -0.1) is 0 Å². The van der Waals surface area contributed by atoms with Crippen molar-refractivity contribution in [1.29, 1.82) is 0 Å². The van der Waals surface area contributed by atoms with Crippen LogP contribution in [0.15, 0.2) is 30.3 Å². The first-order valence-corrected chi connectivity index (χ1v) is 9.46. The Kier molecular flexibility index (Phi) is 4.96. The number of carbonyl (C=O) groups excluding carboxylic acids is 2. The highest BCUT2D eigenvalue weighted by Crippen LogP contribution is 2.43. The molecule has 4 nitrogen and oxygen atoms in total. The Hall–Kier alpha value is -2.46. The van der Waals surface area contributed by atoms with Gasteiger partial charge in [0.15, 0.2) is 11.4 Å². The summed E-state index contributed by atoms with van der Waals surface area (Å²) in [6, 6.07) is 9.29. The number of benzene rings is 2. The van der Waals surface area contributed by atoms with Gasteiger partial charge in [-0.1, -0.05) is 31.2 Å². The van der Waals surface area contributed by atoms with Gasteiger partial charge in [0.25, 0.3) is 5.91 Å². The van der Waals surface area contributed by atoms with Crippen LogP contribution in [0.3, 0.4) is 0 Å². The Morgan fingerprint density at radius 2 is 1.67 bits per heavy atom. The summed E-state index contributed by atoms with van der Waals surface area (Å²) in [4.78, 5) is 27.9. The summed E-state index contributed by atoms with van der Waals surface area (Å²) in [6.07, 6.45) is 0.535. The van der Waals surface area contributed by atoms with Gasteiger partial charge >= 0.3 is 0 Å². The van der Waals surface area contributed by atoms with Crippen molar-refractivity contribution < 1.29 is 14.7 Å². The molecule has 0 saturated heterocycles. The zero-order valence-corrected chi connectivity index (χ0v) is 16.7. The van der Waals surface area contributed by atoms with Gasteiger partial charge in [0.05, 0.1) is 12.1 Å². The van der Waals surface area contributed by atoms with Gasteiger partial charge in [-0.25, -0.2) is 0 Å². The lowest BCUT2D eigenvalue weighted by Crippen LogP contribution is -2.42. The third kappa shape index (κ3) is 2.98. The van der Waals surface area contributed by atoms with Crippen molar-refractivity contribution in [2.75, 3.05) is 11.4 Å². The molecule has 0 radical (unpaired) electrons. The molecule has 4 heteroatoms. The topological polar surface area (TPSA) is 57.6 Å². The van der Waals surface area contributed by atoms with E-state index in [4.69, 9.17) is 0 Å². The molecule has 0 bridgehead atoms. The fourth-order valence-corrected chi connectivity index (χ4v) is 4.08. The summed E-state index contributed by atoms with van der Waals surface area (Å²) < 4.78 is 0. The first-order chi connectivity index (χ1) is 12.7. The fourth-order valence-electron chi connectivity index (χ4n) is 4.08. The molecule has 1 atom stereocenters. The van der Waals surface area contributed by atoms with Gasteiger partial charge in [0.2, 0.25) is 0 Å². The minimum Gasteiger partial charge on any atom is -0.375 e. The van der Waals surface area contributed by atoms with E-state index in [1.807, 2.05) is 46.8 Å². The SMILES string of the molecule is CCCN1C(=O)[C@](O)(CC(=O)c2c(C)c(C)cc(C)c2C)c2ccccc21. The van der Waals surface area contributed by atoms with E-state index >= 15 is 0 Å². The predicted octanol–water partition coefficient (Wildman–Crippen LogP) is 4.14. The zero-order valence-electron chi connectivity index (χ0n) is 16.7. The number of amides is 1. The zero-order chi connectivity index (χ0) is 19.9. The summed E-state index contributed by atoms with van der Waals surface area (Å²) in [5.74, 6) is -0.598. The first-order valence-electron chi connectivity index (χ1n) is 9.46. The first kappa shape index (κ1) is 19.3. The number of rotatable bonds is 5. The quantitative estimate of drug-likeness (QED) is 0.810. The Bertz CT molecular complexity index is 905. The molecular formula is C23H27NO3. The fraction of sp³-hybridized carbons (Fsp3) is 0.391. The van der Waals surface area contributed by atoms with Crippen molar-refractivity contribution in [3.8, 4) is 0 Å². The van der Waals surface area contributed by atoms with Gasteiger partial charge in [0.1, 0.15) is 0 Å². The van der Waals surface area contributed by atoms with E-state index in [2.05, 4.69) is 6.07 Å². The van der Waals surface area contributed by atoms with Gasteiger partial charge in [0, 0.05) is 17.7 Å². The minimum atomic E-state index is -1.81. The van der Waals surface area contributed by atoms with E-state index in [1.165, 1.54) is 0 Å². The van der Waals surface area contributed by atoms with Gasteiger partial charge in [-0.05, 0) is 62.4 Å². The van der Waals surface area contributed by atoms with Crippen LogP contribution in [0.5, 0.6) is 0 Å². The molecule has 3 rings (SSSR count). The van der Waals surface area contributed by atoms with E-state index < -0.39 is 11.5 Å². The number of nitrogens with zero attached hydrogens (tertiary/aromatic N) is 1. The Labute approximate surface area is 160 Å². The lowest BCUT2D eigenvalue weighted by molar-refractivity contribution is -0.135. The van der Waals surface area contributed by atoms with Crippen LogP contribution in [0.1, 0.15) is 57.9 Å². The van der Waals surface area contributed by atoms with Crippen molar-refractivity contribution in [3.05, 3.63) is 63.7 Å². The number of ketones is 1. The van der Waals surface area contributed by atoms with Crippen molar-refractivity contribution in [2.45, 2.75) is 53.1 Å². The number of anilines is 1. The summed E-state index contributed by atoms with van der Waals surface area (Å²) >= 11 is 0. The molecule has 0 unspecified atom stereocenters. The average Bonchev–Trinajstić information content (AvgIpc) is 2.83. The largest absolute Gasteiger partial charge is 0.375 e. The van der Waals surface area contributed by atoms with E-state index in [0.29, 0.717) is 23.4 Å². The molecule has 0 spiro atoms. The average molecular weight is 365 g/mol. The molecule has 2 aromatic rings. The van der Waals surface area contributed by atoms with Crippen LogP contribution in [0.2, 0.25) is 0 Å². The maximum atomic E-state index is 13.2. The highest BCUT2D eigenvalue weighted by molar-refractivity contribution is 6.11. The molecule has 27 heavy (non-hydrogen) atoms. The van der Waals surface area contributed by atoms with Crippen LogP contribution in [0.4, 0.5) is 5.69 Å². The molecule has 0 aliphatic carbocycles. The van der Waals surface area contributed by atoms with Crippen LogP contribution < -0.4 is 4.90 Å². The highest BCUT2D eigenvalue weighted by Gasteiger charge is 2.50. The molecule has 1 N–H and O–H groups in total. The molecule has 1 heterocycles. The maximum absolute atomic E-state index is 13.2. The molecule has 1 aliphatic heterocycles. The normalized spacial score (nSPS) is 18.7. The Morgan fingerprint density at radius 3 is 2.26 bits per heavy atom. The van der Waals surface area contributed by atoms with Crippen LogP contribution in [-0.4, -0.2) is 23.3 Å². The van der Waals surface area contributed by atoms with Crippen molar-refractivity contribution >= 4 is 17.4 Å². The molecule has 0 saturated carbocycles. The van der Waals surface area contributed by atoms with Crippen LogP contribution in [0, 0.1) is 27.7 Å². The van der Waals surface area contributed by atoms with E-state index in [9.17, 15) is 14.7 Å². The minimum absolute atomic E-state index is 0.194. The molecule has 1 aliphatic rings. The van der Waals surface area contributed by atoms with E-state index in [-0.39, 0.29) is 12.2 Å². The van der Waals surface area contributed by atoms with E-state index in [0.717, 1.165) is 28.7 Å².